The average Bonchev–Trinajstić information content (AvgIpc) is 2.35. The Bertz CT molecular complexity index is 427. The maximum atomic E-state index is 11.9. The zero-order valence-corrected chi connectivity index (χ0v) is 13.2. The molecule has 1 saturated heterocycles. The molecule has 0 aromatic heterocycles. The van der Waals surface area contributed by atoms with Crippen LogP contribution in [-0.4, -0.2) is 63.9 Å². The van der Waals surface area contributed by atoms with E-state index in [0.29, 0.717) is 0 Å². The molecule has 8 nitrogen and oxygen atoms in total. The van der Waals surface area contributed by atoms with Gasteiger partial charge in [-0.1, -0.05) is 0 Å². The lowest BCUT2D eigenvalue weighted by Gasteiger charge is -2.49. The number of nitrogens with one attached hydrogen (secondary N) is 1. The molecule has 1 aliphatic heterocycles. The Morgan fingerprint density at radius 2 is 1.68 bits per heavy atom. The number of nitrogens with zero attached hydrogens (tertiary/aromatic N) is 1. The second kappa shape index (κ2) is 6.95. The van der Waals surface area contributed by atoms with Crippen LogP contribution in [-0.2, 0) is 14.3 Å². The summed E-state index contributed by atoms with van der Waals surface area (Å²) >= 11 is 0. The molecule has 22 heavy (non-hydrogen) atoms. The third-order valence-corrected chi connectivity index (χ3v) is 3.52. The summed E-state index contributed by atoms with van der Waals surface area (Å²) < 4.78 is 5.40. The summed E-state index contributed by atoms with van der Waals surface area (Å²) in [5, 5.41) is 18.3. The van der Waals surface area contributed by atoms with Crippen molar-refractivity contribution < 1.29 is 29.3 Å². The van der Waals surface area contributed by atoms with Gasteiger partial charge in [0.2, 0.25) is 0 Å². The summed E-state index contributed by atoms with van der Waals surface area (Å²) in [4.78, 5) is 32.0. The molecule has 0 unspecified atom stereocenters. The van der Waals surface area contributed by atoms with Crippen LogP contribution in [0.5, 0.6) is 0 Å². The molecule has 1 amide bonds. The van der Waals surface area contributed by atoms with Gasteiger partial charge in [-0.15, -0.1) is 0 Å². The minimum atomic E-state index is -1.82. The lowest BCUT2D eigenvalue weighted by molar-refractivity contribution is -0.159. The molecular formula is C14H24N2O6. The number of piperazine rings is 1. The summed E-state index contributed by atoms with van der Waals surface area (Å²) in [6.45, 7) is 8.18. The van der Waals surface area contributed by atoms with Crippen LogP contribution in [0.2, 0.25) is 0 Å². The molecule has 1 heterocycles. The van der Waals surface area contributed by atoms with E-state index in [9.17, 15) is 4.79 Å². The van der Waals surface area contributed by atoms with Gasteiger partial charge in [0.25, 0.3) is 0 Å². The maximum Gasteiger partial charge on any atom is 0.414 e. The molecule has 2 rings (SSSR count). The third-order valence-electron chi connectivity index (χ3n) is 3.52. The van der Waals surface area contributed by atoms with Gasteiger partial charge in [-0.3, -0.25) is 0 Å². The summed E-state index contributed by atoms with van der Waals surface area (Å²) in [5.74, 6) is -3.65. The van der Waals surface area contributed by atoms with Crippen molar-refractivity contribution in [2.24, 2.45) is 0 Å². The van der Waals surface area contributed by atoms with Gasteiger partial charge in [0.05, 0.1) is 0 Å². The SMILES string of the molecule is CC(C)(C)OC(=O)N1CCNC2(CCC2)C1.O=C(O)C(=O)O. The number of carboxylic acids is 2. The Hall–Kier alpha value is -1.83. The Labute approximate surface area is 129 Å². The van der Waals surface area contributed by atoms with Gasteiger partial charge in [0, 0.05) is 25.2 Å². The number of amides is 1. The van der Waals surface area contributed by atoms with Gasteiger partial charge in [-0.05, 0) is 40.0 Å². The molecule has 0 radical (unpaired) electrons. The minimum Gasteiger partial charge on any atom is -0.473 e. The van der Waals surface area contributed by atoms with Crippen LogP contribution >= 0.6 is 0 Å². The van der Waals surface area contributed by atoms with Crippen molar-refractivity contribution >= 4 is 18.0 Å². The van der Waals surface area contributed by atoms with E-state index in [2.05, 4.69) is 5.32 Å². The number of ether oxygens (including phenoxy) is 1. The van der Waals surface area contributed by atoms with Gasteiger partial charge < -0.3 is 25.2 Å². The molecule has 126 valence electrons. The van der Waals surface area contributed by atoms with E-state index in [-0.39, 0.29) is 11.6 Å². The highest BCUT2D eigenvalue weighted by Crippen LogP contribution is 2.34. The number of hydrogen-bond acceptors (Lipinski definition) is 5. The van der Waals surface area contributed by atoms with Crippen LogP contribution in [0.1, 0.15) is 40.0 Å². The molecule has 0 bridgehead atoms. The fraction of sp³-hybridized carbons (Fsp3) is 0.786. The Balaban J connectivity index is 0.000000346. The van der Waals surface area contributed by atoms with E-state index in [4.69, 9.17) is 24.5 Å². The highest BCUT2D eigenvalue weighted by atomic mass is 16.6. The molecule has 1 spiro atoms. The fourth-order valence-electron chi connectivity index (χ4n) is 2.38. The molecule has 8 heteroatoms. The van der Waals surface area contributed by atoms with E-state index in [1.54, 1.807) is 0 Å². The Morgan fingerprint density at radius 3 is 2.05 bits per heavy atom. The van der Waals surface area contributed by atoms with Crippen LogP contribution in [0, 0.1) is 0 Å². The van der Waals surface area contributed by atoms with Crippen molar-refractivity contribution in [2.45, 2.75) is 51.2 Å². The monoisotopic (exact) mass is 316 g/mol. The fourth-order valence-corrected chi connectivity index (χ4v) is 2.38. The first-order chi connectivity index (χ1) is 10.0. The summed E-state index contributed by atoms with van der Waals surface area (Å²) in [6, 6.07) is 0. The topological polar surface area (TPSA) is 116 Å². The van der Waals surface area contributed by atoms with Crippen molar-refractivity contribution in [3.63, 3.8) is 0 Å². The van der Waals surface area contributed by atoms with Gasteiger partial charge in [0.1, 0.15) is 5.60 Å². The number of hydrogen-bond donors (Lipinski definition) is 3. The molecule has 1 saturated carbocycles. The third kappa shape index (κ3) is 5.51. The van der Waals surface area contributed by atoms with Crippen LogP contribution in [0.25, 0.3) is 0 Å². The minimum absolute atomic E-state index is 0.166. The Kier molecular flexibility index (Phi) is 5.76. The van der Waals surface area contributed by atoms with Crippen molar-refractivity contribution in [1.29, 1.82) is 0 Å². The lowest BCUT2D eigenvalue weighted by atomic mass is 9.75. The van der Waals surface area contributed by atoms with Crippen molar-refractivity contribution in [3.05, 3.63) is 0 Å². The predicted octanol–water partition coefficient (Wildman–Crippen LogP) is 0.905. The smallest absolute Gasteiger partial charge is 0.414 e. The quantitative estimate of drug-likeness (QED) is 0.569. The van der Waals surface area contributed by atoms with Crippen molar-refractivity contribution in [2.75, 3.05) is 19.6 Å². The first kappa shape index (κ1) is 18.2. The number of carbonyl (C=O) groups is 3. The Morgan fingerprint density at radius 1 is 1.14 bits per heavy atom. The van der Waals surface area contributed by atoms with E-state index in [1.807, 2.05) is 25.7 Å². The standard InChI is InChI=1S/C12H22N2O2.C2H2O4/c1-11(2,3)16-10(15)14-8-7-13-12(9-14)5-4-6-12;3-1(4)2(5)6/h13H,4-9H2,1-3H3;(H,3,4)(H,5,6). The van der Waals surface area contributed by atoms with Gasteiger partial charge in [0.15, 0.2) is 0 Å². The first-order valence-corrected chi connectivity index (χ1v) is 7.24. The average molecular weight is 316 g/mol. The number of carboxylic acid groups (broad SMARTS) is 2. The molecular weight excluding hydrogens is 292 g/mol. The van der Waals surface area contributed by atoms with Gasteiger partial charge in [-0.2, -0.15) is 0 Å². The zero-order valence-electron chi connectivity index (χ0n) is 13.2. The summed E-state index contributed by atoms with van der Waals surface area (Å²) in [5.41, 5.74) is -0.191. The first-order valence-electron chi connectivity index (χ1n) is 7.24. The number of aliphatic carboxylic acids is 2. The summed E-state index contributed by atoms with van der Waals surface area (Å²) in [6.07, 6.45) is 3.48. The molecule has 3 N–H and O–H groups in total. The molecule has 1 aliphatic carbocycles. The molecule has 0 aromatic carbocycles. The van der Waals surface area contributed by atoms with Crippen molar-refractivity contribution in [1.82, 2.24) is 10.2 Å². The van der Waals surface area contributed by atoms with E-state index < -0.39 is 17.5 Å². The van der Waals surface area contributed by atoms with E-state index in [1.165, 1.54) is 19.3 Å². The second-order valence-corrected chi connectivity index (χ2v) is 6.57. The maximum absolute atomic E-state index is 11.9. The van der Waals surface area contributed by atoms with Gasteiger partial charge >= 0.3 is 18.0 Å². The van der Waals surface area contributed by atoms with Crippen LogP contribution < -0.4 is 5.32 Å². The molecule has 2 fully saturated rings. The van der Waals surface area contributed by atoms with E-state index in [0.717, 1.165) is 19.6 Å². The highest BCUT2D eigenvalue weighted by molar-refractivity contribution is 6.27. The van der Waals surface area contributed by atoms with Crippen molar-refractivity contribution in [3.8, 4) is 0 Å². The highest BCUT2D eigenvalue weighted by Gasteiger charge is 2.42. The largest absolute Gasteiger partial charge is 0.473 e. The molecule has 0 atom stereocenters. The van der Waals surface area contributed by atoms with E-state index >= 15 is 0 Å². The zero-order chi connectivity index (χ0) is 17.0. The number of carbonyl (C=O) groups excluding carboxylic acids is 1. The number of rotatable bonds is 0. The summed E-state index contributed by atoms with van der Waals surface area (Å²) in [7, 11) is 0. The normalized spacial score (nSPS) is 19.5. The lowest BCUT2D eigenvalue weighted by Crippen LogP contribution is -2.65. The van der Waals surface area contributed by atoms with Crippen LogP contribution in [0.15, 0.2) is 0 Å². The van der Waals surface area contributed by atoms with Gasteiger partial charge in [-0.25, -0.2) is 14.4 Å². The van der Waals surface area contributed by atoms with Crippen LogP contribution in [0.4, 0.5) is 4.79 Å². The van der Waals surface area contributed by atoms with Crippen LogP contribution in [0.3, 0.4) is 0 Å². The second-order valence-electron chi connectivity index (χ2n) is 6.57. The molecule has 2 aliphatic rings. The predicted molar refractivity (Wildman–Crippen MR) is 77.7 cm³/mol. The molecule has 0 aromatic rings.